The molecule has 0 fully saturated rings. The summed E-state index contributed by atoms with van der Waals surface area (Å²) in [5.74, 6) is 0.624. The van der Waals surface area contributed by atoms with Gasteiger partial charge in [-0.1, -0.05) is 26.3 Å². The highest BCUT2D eigenvalue weighted by Crippen LogP contribution is 2.32. The van der Waals surface area contributed by atoms with Crippen LogP contribution in [0.1, 0.15) is 26.7 Å². The number of anilines is 1. The number of para-hydroxylation sites is 1. The van der Waals surface area contributed by atoms with Crippen LogP contribution in [-0.2, 0) is 0 Å². The van der Waals surface area contributed by atoms with Crippen LogP contribution in [0.25, 0.3) is 0 Å². The first-order chi connectivity index (χ1) is 8.06. The third-order valence-electron chi connectivity index (χ3n) is 2.52. The number of nitro groups is 1. The fourth-order valence-electron chi connectivity index (χ4n) is 1.66. The Morgan fingerprint density at radius 3 is 2.82 bits per heavy atom. The average molecular weight is 238 g/mol. The molecule has 0 radical (unpaired) electrons. The van der Waals surface area contributed by atoms with Gasteiger partial charge in [-0.05, 0) is 24.5 Å². The number of nitrogens with two attached hydrogens (primary N) is 1. The fourth-order valence-corrected chi connectivity index (χ4v) is 1.66. The van der Waals surface area contributed by atoms with Crippen LogP contribution in [0.3, 0.4) is 0 Å². The third kappa shape index (κ3) is 3.62. The van der Waals surface area contributed by atoms with E-state index in [1.807, 2.05) is 0 Å². The molecule has 17 heavy (non-hydrogen) atoms. The largest absolute Gasteiger partial charge is 0.486 e. The molecule has 1 unspecified atom stereocenters. The second-order valence-electron chi connectivity index (χ2n) is 4.16. The van der Waals surface area contributed by atoms with Gasteiger partial charge < -0.3 is 10.5 Å². The fraction of sp³-hybridized carbons (Fsp3) is 0.500. The van der Waals surface area contributed by atoms with E-state index in [9.17, 15) is 10.1 Å². The van der Waals surface area contributed by atoms with E-state index >= 15 is 0 Å². The maximum absolute atomic E-state index is 10.9. The van der Waals surface area contributed by atoms with Gasteiger partial charge in [-0.15, -0.1) is 0 Å². The molecule has 1 rings (SSSR count). The van der Waals surface area contributed by atoms with Crippen LogP contribution in [0.15, 0.2) is 18.2 Å². The van der Waals surface area contributed by atoms with Crippen molar-refractivity contribution in [3.63, 3.8) is 0 Å². The van der Waals surface area contributed by atoms with Gasteiger partial charge >= 0.3 is 5.69 Å². The summed E-state index contributed by atoms with van der Waals surface area (Å²) in [6.45, 7) is 4.62. The zero-order chi connectivity index (χ0) is 12.8. The topological polar surface area (TPSA) is 78.4 Å². The minimum Gasteiger partial charge on any atom is -0.486 e. The van der Waals surface area contributed by atoms with Gasteiger partial charge in [0.05, 0.1) is 11.5 Å². The maximum Gasteiger partial charge on any atom is 0.333 e. The Bertz CT molecular complexity index is 393. The van der Waals surface area contributed by atoms with Crippen molar-refractivity contribution in [3.05, 3.63) is 28.3 Å². The first kappa shape index (κ1) is 13.3. The van der Waals surface area contributed by atoms with Crippen molar-refractivity contribution in [1.29, 1.82) is 0 Å². The number of nitro benzene ring substituents is 1. The third-order valence-corrected chi connectivity index (χ3v) is 2.52. The first-order valence-corrected chi connectivity index (χ1v) is 5.72. The molecule has 0 saturated heterocycles. The maximum atomic E-state index is 10.9. The van der Waals surface area contributed by atoms with Crippen LogP contribution in [0.4, 0.5) is 11.4 Å². The van der Waals surface area contributed by atoms with Gasteiger partial charge in [-0.3, -0.25) is 10.1 Å². The monoisotopic (exact) mass is 238 g/mol. The SMILES string of the molecule is CCCC(C)COc1cccc(N)c1[N+](=O)[O-]. The van der Waals surface area contributed by atoms with Crippen LogP contribution in [0.5, 0.6) is 5.75 Å². The molecule has 1 atom stereocenters. The Morgan fingerprint density at radius 1 is 1.53 bits per heavy atom. The first-order valence-electron chi connectivity index (χ1n) is 5.72. The molecule has 1 aromatic carbocycles. The second-order valence-corrected chi connectivity index (χ2v) is 4.16. The van der Waals surface area contributed by atoms with Gasteiger partial charge in [0.15, 0.2) is 5.75 Å². The summed E-state index contributed by atoms with van der Waals surface area (Å²) < 4.78 is 5.47. The standard InChI is InChI=1S/C12H18N2O3/c1-3-5-9(2)8-17-11-7-4-6-10(13)12(11)14(15)16/h4,6-7,9H,3,5,8,13H2,1-2H3. The van der Waals surface area contributed by atoms with Crippen LogP contribution in [-0.4, -0.2) is 11.5 Å². The molecule has 0 amide bonds. The van der Waals surface area contributed by atoms with Crippen molar-refractivity contribution < 1.29 is 9.66 Å². The van der Waals surface area contributed by atoms with Crippen molar-refractivity contribution in [1.82, 2.24) is 0 Å². The number of hydrogen-bond donors (Lipinski definition) is 1. The van der Waals surface area contributed by atoms with Crippen molar-refractivity contribution in [3.8, 4) is 5.75 Å². The molecule has 0 aromatic heterocycles. The number of nitrogen functional groups attached to an aromatic ring is 1. The average Bonchev–Trinajstić information content (AvgIpc) is 2.26. The molecule has 0 spiro atoms. The van der Waals surface area contributed by atoms with Gasteiger partial charge in [0.25, 0.3) is 0 Å². The van der Waals surface area contributed by atoms with E-state index < -0.39 is 4.92 Å². The van der Waals surface area contributed by atoms with E-state index in [4.69, 9.17) is 10.5 Å². The van der Waals surface area contributed by atoms with Crippen LogP contribution >= 0.6 is 0 Å². The van der Waals surface area contributed by atoms with E-state index in [0.29, 0.717) is 12.5 Å². The van der Waals surface area contributed by atoms with Crippen molar-refractivity contribution in [2.45, 2.75) is 26.7 Å². The molecule has 5 heteroatoms. The van der Waals surface area contributed by atoms with Crippen molar-refractivity contribution >= 4 is 11.4 Å². The summed E-state index contributed by atoms with van der Waals surface area (Å²) >= 11 is 0. The van der Waals surface area contributed by atoms with E-state index in [-0.39, 0.29) is 17.1 Å². The zero-order valence-electron chi connectivity index (χ0n) is 10.2. The molecule has 5 nitrogen and oxygen atoms in total. The highest BCUT2D eigenvalue weighted by molar-refractivity contribution is 5.65. The number of nitrogens with zero attached hydrogens (tertiary/aromatic N) is 1. The summed E-state index contributed by atoms with van der Waals surface area (Å²) in [7, 11) is 0. The highest BCUT2D eigenvalue weighted by Gasteiger charge is 2.19. The lowest BCUT2D eigenvalue weighted by atomic mass is 10.1. The minimum atomic E-state index is -0.505. The van der Waals surface area contributed by atoms with Crippen LogP contribution in [0, 0.1) is 16.0 Å². The molecule has 0 aliphatic carbocycles. The number of rotatable bonds is 6. The quantitative estimate of drug-likeness (QED) is 0.469. The van der Waals surface area contributed by atoms with Gasteiger partial charge in [-0.2, -0.15) is 0 Å². The number of benzene rings is 1. The molecule has 1 aromatic rings. The molecule has 0 aliphatic rings. The Hall–Kier alpha value is -1.78. The summed E-state index contributed by atoms with van der Waals surface area (Å²) in [6.07, 6.45) is 2.11. The van der Waals surface area contributed by atoms with Gasteiger partial charge in [0.2, 0.25) is 0 Å². The Kier molecular flexibility index (Phi) is 4.75. The van der Waals surface area contributed by atoms with E-state index in [0.717, 1.165) is 12.8 Å². The normalized spacial score (nSPS) is 12.1. The molecular formula is C12H18N2O3. The van der Waals surface area contributed by atoms with Crippen LogP contribution in [0.2, 0.25) is 0 Å². The van der Waals surface area contributed by atoms with E-state index in [1.54, 1.807) is 12.1 Å². The minimum absolute atomic E-state index is 0.135. The molecule has 0 aliphatic heterocycles. The predicted molar refractivity (Wildman–Crippen MR) is 67.1 cm³/mol. The van der Waals surface area contributed by atoms with E-state index in [2.05, 4.69) is 13.8 Å². The summed E-state index contributed by atoms with van der Waals surface area (Å²) in [4.78, 5) is 10.4. The lowest BCUT2D eigenvalue weighted by Crippen LogP contribution is -2.09. The van der Waals surface area contributed by atoms with Crippen molar-refractivity contribution in [2.75, 3.05) is 12.3 Å². The zero-order valence-corrected chi connectivity index (χ0v) is 10.2. The molecule has 0 bridgehead atoms. The molecule has 94 valence electrons. The van der Waals surface area contributed by atoms with Crippen molar-refractivity contribution in [2.24, 2.45) is 5.92 Å². The Morgan fingerprint density at radius 2 is 2.24 bits per heavy atom. The Labute approximate surface area is 101 Å². The molecule has 2 N–H and O–H groups in total. The number of hydrogen-bond acceptors (Lipinski definition) is 4. The second kappa shape index (κ2) is 6.08. The smallest absolute Gasteiger partial charge is 0.333 e. The summed E-state index contributed by atoms with van der Waals surface area (Å²) in [5, 5.41) is 10.9. The van der Waals surface area contributed by atoms with Gasteiger partial charge in [0, 0.05) is 0 Å². The molecular weight excluding hydrogens is 220 g/mol. The number of ether oxygens (including phenoxy) is 1. The summed E-state index contributed by atoms with van der Waals surface area (Å²) in [5.41, 5.74) is 5.56. The van der Waals surface area contributed by atoms with Gasteiger partial charge in [0.1, 0.15) is 5.69 Å². The van der Waals surface area contributed by atoms with E-state index in [1.165, 1.54) is 6.07 Å². The lowest BCUT2D eigenvalue weighted by Gasteiger charge is -2.12. The Balaban J connectivity index is 2.77. The van der Waals surface area contributed by atoms with Gasteiger partial charge in [-0.25, -0.2) is 0 Å². The predicted octanol–water partition coefficient (Wildman–Crippen LogP) is 2.99. The highest BCUT2D eigenvalue weighted by atomic mass is 16.6. The lowest BCUT2D eigenvalue weighted by molar-refractivity contribution is -0.384. The molecule has 0 saturated carbocycles. The molecule has 0 heterocycles. The summed E-state index contributed by atoms with van der Waals surface area (Å²) in [6, 6.07) is 4.73. The van der Waals surface area contributed by atoms with Crippen LogP contribution < -0.4 is 10.5 Å².